The molecule has 0 unspecified atom stereocenters. The summed E-state index contributed by atoms with van der Waals surface area (Å²) in [5.74, 6) is -1.52. The number of hydrogen-bond acceptors (Lipinski definition) is 4. The van der Waals surface area contributed by atoms with Gasteiger partial charge in [0.05, 0.1) is 24.1 Å². The lowest BCUT2D eigenvalue weighted by molar-refractivity contribution is -0.116. The molecule has 0 aliphatic heterocycles. The summed E-state index contributed by atoms with van der Waals surface area (Å²) in [5, 5.41) is 5.36. The first-order valence-corrected chi connectivity index (χ1v) is 11.4. The molecular weight excluding hydrogens is 409 g/mol. The van der Waals surface area contributed by atoms with Gasteiger partial charge in [-0.05, 0) is 24.6 Å². The number of amides is 2. The van der Waals surface area contributed by atoms with Gasteiger partial charge in [0, 0.05) is 18.7 Å². The van der Waals surface area contributed by atoms with Crippen molar-refractivity contribution in [3.8, 4) is 0 Å². The van der Waals surface area contributed by atoms with Crippen molar-refractivity contribution in [1.29, 1.82) is 0 Å². The van der Waals surface area contributed by atoms with Crippen LogP contribution in [0.15, 0.2) is 48.5 Å². The average molecular weight is 436 g/mol. The standard InChI is InChI=1S/C21H26FN3O4S/c1-3-4-13-23-21(27)17-10-6-8-12-19(17)24-20(26)15-25(30(2,28)29)14-16-9-5-7-11-18(16)22/h5-12H,3-4,13-15H2,1-2H3,(H,23,27)(H,24,26). The maximum Gasteiger partial charge on any atom is 0.253 e. The van der Waals surface area contributed by atoms with Crippen molar-refractivity contribution in [2.24, 2.45) is 0 Å². The van der Waals surface area contributed by atoms with Gasteiger partial charge in [-0.2, -0.15) is 4.31 Å². The van der Waals surface area contributed by atoms with Crippen molar-refractivity contribution in [2.45, 2.75) is 26.3 Å². The molecule has 0 radical (unpaired) electrons. The van der Waals surface area contributed by atoms with Crippen LogP contribution < -0.4 is 10.6 Å². The number of nitrogens with one attached hydrogen (secondary N) is 2. The van der Waals surface area contributed by atoms with Crippen LogP contribution in [0.5, 0.6) is 0 Å². The van der Waals surface area contributed by atoms with E-state index in [1.54, 1.807) is 30.3 Å². The molecule has 0 bridgehead atoms. The molecule has 162 valence electrons. The maximum atomic E-state index is 13.9. The second-order valence-corrected chi connectivity index (χ2v) is 8.81. The number of rotatable bonds is 10. The molecule has 2 N–H and O–H groups in total. The van der Waals surface area contributed by atoms with Crippen LogP contribution in [0.25, 0.3) is 0 Å². The molecule has 2 amide bonds. The van der Waals surface area contributed by atoms with Gasteiger partial charge in [-0.15, -0.1) is 0 Å². The second kappa shape index (κ2) is 10.8. The van der Waals surface area contributed by atoms with E-state index < -0.39 is 28.3 Å². The third-order valence-electron chi connectivity index (χ3n) is 4.36. The molecule has 0 saturated carbocycles. The number of carbonyl (C=O) groups excluding carboxylic acids is 2. The highest BCUT2D eigenvalue weighted by atomic mass is 32.2. The predicted molar refractivity (Wildman–Crippen MR) is 114 cm³/mol. The van der Waals surface area contributed by atoms with Gasteiger partial charge >= 0.3 is 0 Å². The van der Waals surface area contributed by atoms with Gasteiger partial charge in [0.1, 0.15) is 5.82 Å². The van der Waals surface area contributed by atoms with Crippen molar-refractivity contribution in [2.75, 3.05) is 24.7 Å². The van der Waals surface area contributed by atoms with Crippen LogP contribution in [-0.4, -0.2) is 43.9 Å². The van der Waals surface area contributed by atoms with Crippen molar-refractivity contribution in [3.63, 3.8) is 0 Å². The molecular formula is C21H26FN3O4S. The number of halogens is 1. The zero-order chi connectivity index (χ0) is 22.1. The smallest absolute Gasteiger partial charge is 0.253 e. The molecule has 0 saturated heterocycles. The van der Waals surface area contributed by atoms with Gasteiger partial charge < -0.3 is 10.6 Å². The van der Waals surface area contributed by atoms with Crippen molar-refractivity contribution >= 4 is 27.5 Å². The Kier molecular flexibility index (Phi) is 8.49. The molecule has 0 aromatic heterocycles. The van der Waals surface area contributed by atoms with E-state index in [4.69, 9.17) is 0 Å². The molecule has 0 aliphatic rings. The summed E-state index contributed by atoms with van der Waals surface area (Å²) < 4.78 is 39.0. The topological polar surface area (TPSA) is 95.6 Å². The second-order valence-electron chi connectivity index (χ2n) is 6.83. The van der Waals surface area contributed by atoms with Gasteiger partial charge in [0.25, 0.3) is 5.91 Å². The summed E-state index contributed by atoms with van der Waals surface area (Å²) in [6.45, 7) is 1.73. The van der Waals surface area contributed by atoms with E-state index in [-0.39, 0.29) is 29.3 Å². The van der Waals surface area contributed by atoms with E-state index in [2.05, 4.69) is 10.6 Å². The van der Waals surface area contributed by atoms with E-state index in [0.717, 1.165) is 23.4 Å². The fourth-order valence-electron chi connectivity index (χ4n) is 2.72. The molecule has 0 spiro atoms. The van der Waals surface area contributed by atoms with E-state index in [0.29, 0.717) is 6.54 Å². The van der Waals surface area contributed by atoms with Gasteiger partial charge in [-0.1, -0.05) is 43.7 Å². The van der Waals surface area contributed by atoms with Gasteiger partial charge in [-0.3, -0.25) is 9.59 Å². The number of hydrogen-bond donors (Lipinski definition) is 2. The van der Waals surface area contributed by atoms with Crippen LogP contribution in [0.2, 0.25) is 0 Å². The molecule has 9 heteroatoms. The van der Waals surface area contributed by atoms with E-state index in [1.807, 2.05) is 6.92 Å². The first-order valence-electron chi connectivity index (χ1n) is 9.58. The number of benzene rings is 2. The molecule has 0 heterocycles. The number of unbranched alkanes of at least 4 members (excludes halogenated alkanes) is 1. The summed E-state index contributed by atoms with van der Waals surface area (Å²) in [5.41, 5.74) is 0.712. The lowest BCUT2D eigenvalue weighted by Crippen LogP contribution is -2.37. The monoisotopic (exact) mass is 435 g/mol. The molecule has 7 nitrogen and oxygen atoms in total. The minimum atomic E-state index is -3.78. The fourth-order valence-corrected chi connectivity index (χ4v) is 3.45. The summed E-state index contributed by atoms with van der Waals surface area (Å²) in [4.78, 5) is 24.9. The molecule has 0 fully saturated rings. The van der Waals surface area contributed by atoms with Crippen LogP contribution in [-0.2, 0) is 21.4 Å². The van der Waals surface area contributed by atoms with Crippen molar-refractivity contribution < 1.29 is 22.4 Å². The summed E-state index contributed by atoms with van der Waals surface area (Å²) in [6.07, 6.45) is 2.72. The molecule has 0 aliphatic carbocycles. The lowest BCUT2D eigenvalue weighted by Gasteiger charge is -2.20. The average Bonchev–Trinajstić information content (AvgIpc) is 2.69. The lowest BCUT2D eigenvalue weighted by atomic mass is 10.1. The molecule has 0 atom stereocenters. The Hall–Kier alpha value is -2.78. The Morgan fingerprint density at radius 1 is 1.07 bits per heavy atom. The Labute approximate surface area is 176 Å². The third kappa shape index (κ3) is 6.93. The number of sulfonamides is 1. The Bertz CT molecular complexity index is 995. The molecule has 2 aromatic carbocycles. The van der Waals surface area contributed by atoms with Crippen LogP contribution in [0.3, 0.4) is 0 Å². The minimum absolute atomic E-state index is 0.159. The van der Waals surface area contributed by atoms with E-state index >= 15 is 0 Å². The summed E-state index contributed by atoms with van der Waals surface area (Å²) in [7, 11) is -3.78. The maximum absolute atomic E-state index is 13.9. The molecule has 2 aromatic rings. The highest BCUT2D eigenvalue weighted by Crippen LogP contribution is 2.16. The highest BCUT2D eigenvalue weighted by molar-refractivity contribution is 7.88. The fraction of sp³-hybridized carbons (Fsp3) is 0.333. The first kappa shape index (κ1) is 23.5. The summed E-state index contributed by atoms with van der Waals surface area (Å²) in [6, 6.07) is 12.2. The van der Waals surface area contributed by atoms with E-state index in [1.165, 1.54) is 18.2 Å². The zero-order valence-corrected chi connectivity index (χ0v) is 17.8. The minimum Gasteiger partial charge on any atom is -0.352 e. The first-order chi connectivity index (χ1) is 14.2. The van der Waals surface area contributed by atoms with Crippen LogP contribution in [0.1, 0.15) is 35.7 Å². The SMILES string of the molecule is CCCCNC(=O)c1ccccc1NC(=O)CN(Cc1ccccc1F)S(C)(=O)=O. The predicted octanol–water partition coefficient (Wildman–Crippen LogP) is 2.76. The number of para-hydroxylation sites is 1. The number of anilines is 1. The number of carbonyl (C=O) groups is 2. The molecule has 30 heavy (non-hydrogen) atoms. The van der Waals surface area contributed by atoms with Gasteiger partial charge in [0.2, 0.25) is 15.9 Å². The van der Waals surface area contributed by atoms with Gasteiger partial charge in [0.15, 0.2) is 0 Å². The van der Waals surface area contributed by atoms with E-state index in [9.17, 15) is 22.4 Å². The van der Waals surface area contributed by atoms with Crippen LogP contribution >= 0.6 is 0 Å². The van der Waals surface area contributed by atoms with Crippen molar-refractivity contribution in [3.05, 3.63) is 65.5 Å². The highest BCUT2D eigenvalue weighted by Gasteiger charge is 2.22. The Morgan fingerprint density at radius 3 is 2.40 bits per heavy atom. The van der Waals surface area contributed by atoms with Crippen molar-refractivity contribution in [1.82, 2.24) is 9.62 Å². The third-order valence-corrected chi connectivity index (χ3v) is 5.55. The normalized spacial score (nSPS) is 11.3. The largest absolute Gasteiger partial charge is 0.352 e. The zero-order valence-electron chi connectivity index (χ0n) is 17.0. The van der Waals surface area contributed by atoms with Gasteiger partial charge in [-0.25, -0.2) is 12.8 Å². The summed E-state index contributed by atoms with van der Waals surface area (Å²) >= 11 is 0. The number of nitrogens with zero attached hydrogens (tertiary/aromatic N) is 1. The van der Waals surface area contributed by atoms with Crippen LogP contribution in [0, 0.1) is 5.82 Å². The van der Waals surface area contributed by atoms with Crippen LogP contribution in [0.4, 0.5) is 10.1 Å². The molecule has 2 rings (SSSR count). The quantitative estimate of drug-likeness (QED) is 0.561. The Balaban J connectivity index is 2.13. The Morgan fingerprint density at radius 2 is 1.73 bits per heavy atom.